The topological polar surface area (TPSA) is 78.6 Å². The maximum absolute atomic E-state index is 11.2. The third kappa shape index (κ3) is 3.33. The van der Waals surface area contributed by atoms with Gasteiger partial charge in [-0.2, -0.15) is 0 Å². The molecule has 1 aromatic rings. The lowest BCUT2D eigenvalue weighted by molar-refractivity contribution is -0.384. The van der Waals surface area contributed by atoms with Gasteiger partial charge in [0.2, 0.25) is 0 Å². The van der Waals surface area contributed by atoms with Crippen molar-refractivity contribution in [2.75, 3.05) is 25.0 Å². The van der Waals surface area contributed by atoms with E-state index >= 15 is 0 Å². The van der Waals surface area contributed by atoms with Gasteiger partial charge in [0.05, 0.1) is 11.5 Å². The fourth-order valence-corrected chi connectivity index (χ4v) is 3.05. The lowest BCUT2D eigenvalue weighted by Crippen LogP contribution is -2.34. The number of nitro benzene ring substituents is 1. The summed E-state index contributed by atoms with van der Waals surface area (Å²) in [5.41, 5.74) is 1.63. The van der Waals surface area contributed by atoms with Gasteiger partial charge in [0.25, 0.3) is 5.69 Å². The number of rotatable bonds is 6. The second-order valence-electron chi connectivity index (χ2n) is 5.59. The third-order valence-electron chi connectivity index (χ3n) is 4.24. The van der Waals surface area contributed by atoms with Gasteiger partial charge in [0.1, 0.15) is 5.69 Å². The van der Waals surface area contributed by atoms with E-state index in [0.29, 0.717) is 24.7 Å². The second kappa shape index (κ2) is 6.87. The van der Waals surface area contributed by atoms with Crippen molar-refractivity contribution in [2.45, 2.75) is 32.9 Å². The maximum Gasteiger partial charge on any atom is 0.292 e. The molecule has 1 aromatic carbocycles. The van der Waals surface area contributed by atoms with E-state index in [2.05, 4.69) is 17.1 Å². The summed E-state index contributed by atoms with van der Waals surface area (Å²) in [6.45, 7) is 6.37. The van der Waals surface area contributed by atoms with Gasteiger partial charge in [0.15, 0.2) is 0 Å². The van der Waals surface area contributed by atoms with Crippen LogP contribution in [0, 0.1) is 16.0 Å². The Balaban J connectivity index is 2.27. The number of anilines is 1. The number of aliphatic hydroxyl groups excluding tert-OH is 1. The van der Waals surface area contributed by atoms with Gasteiger partial charge in [-0.25, -0.2) is 0 Å². The van der Waals surface area contributed by atoms with E-state index in [1.807, 2.05) is 13.0 Å². The van der Waals surface area contributed by atoms with Crippen molar-refractivity contribution in [2.24, 2.45) is 5.92 Å². The van der Waals surface area contributed by atoms with Crippen molar-refractivity contribution in [3.63, 3.8) is 0 Å². The Morgan fingerprint density at radius 3 is 2.90 bits per heavy atom. The Morgan fingerprint density at radius 2 is 2.29 bits per heavy atom. The van der Waals surface area contributed by atoms with Gasteiger partial charge < -0.3 is 10.4 Å². The minimum atomic E-state index is -0.350. The molecule has 1 aliphatic rings. The first kappa shape index (κ1) is 15.7. The van der Waals surface area contributed by atoms with Crippen molar-refractivity contribution in [3.05, 3.63) is 33.9 Å². The Labute approximate surface area is 124 Å². The molecule has 1 saturated heterocycles. The number of likely N-dealkylation sites (tertiary alicyclic amines) is 1. The van der Waals surface area contributed by atoms with Gasteiger partial charge >= 0.3 is 0 Å². The van der Waals surface area contributed by atoms with Gasteiger partial charge in [0, 0.05) is 25.2 Å². The van der Waals surface area contributed by atoms with E-state index in [-0.39, 0.29) is 23.3 Å². The number of benzene rings is 1. The molecule has 0 spiro atoms. The predicted molar refractivity (Wildman–Crippen MR) is 82.3 cm³/mol. The fourth-order valence-electron chi connectivity index (χ4n) is 3.05. The van der Waals surface area contributed by atoms with E-state index in [1.165, 1.54) is 6.07 Å². The number of para-hydroxylation sites is 1. The largest absolute Gasteiger partial charge is 0.395 e. The Morgan fingerprint density at radius 1 is 1.52 bits per heavy atom. The molecule has 1 aliphatic heterocycles. The van der Waals surface area contributed by atoms with Crippen LogP contribution in [0.15, 0.2) is 18.2 Å². The molecule has 2 atom stereocenters. The van der Waals surface area contributed by atoms with Crippen LogP contribution in [0.3, 0.4) is 0 Å². The molecular weight excluding hydrogens is 270 g/mol. The summed E-state index contributed by atoms with van der Waals surface area (Å²) in [4.78, 5) is 13.0. The number of nitrogens with zero attached hydrogens (tertiary/aromatic N) is 2. The van der Waals surface area contributed by atoms with E-state index in [1.54, 1.807) is 6.07 Å². The Hall–Kier alpha value is -1.66. The highest BCUT2D eigenvalue weighted by Crippen LogP contribution is 2.32. The molecule has 6 heteroatoms. The lowest BCUT2D eigenvalue weighted by atomic mass is 10.0. The molecule has 0 saturated carbocycles. The van der Waals surface area contributed by atoms with Crippen LogP contribution >= 0.6 is 0 Å². The van der Waals surface area contributed by atoms with Crippen molar-refractivity contribution in [1.82, 2.24) is 4.90 Å². The number of nitro groups is 1. The van der Waals surface area contributed by atoms with Crippen LogP contribution in [0.2, 0.25) is 0 Å². The van der Waals surface area contributed by atoms with Crippen molar-refractivity contribution in [3.8, 4) is 0 Å². The molecule has 116 valence electrons. The molecule has 0 aliphatic carbocycles. The average molecular weight is 293 g/mol. The van der Waals surface area contributed by atoms with Crippen LogP contribution in [-0.4, -0.2) is 40.7 Å². The Kier molecular flexibility index (Phi) is 5.14. The molecule has 2 N–H and O–H groups in total. The minimum absolute atomic E-state index is 0.113. The molecule has 0 bridgehead atoms. The van der Waals surface area contributed by atoms with E-state index in [9.17, 15) is 15.2 Å². The Bertz CT molecular complexity index is 507. The summed E-state index contributed by atoms with van der Waals surface area (Å²) in [5.74, 6) is 0.455. The summed E-state index contributed by atoms with van der Waals surface area (Å²) < 4.78 is 0. The van der Waals surface area contributed by atoms with Crippen LogP contribution in [0.25, 0.3) is 0 Å². The van der Waals surface area contributed by atoms with Gasteiger partial charge in [-0.3, -0.25) is 15.0 Å². The summed E-state index contributed by atoms with van der Waals surface area (Å²) in [5, 5.41) is 23.8. The standard InChI is InChI=1S/C15H23N3O3/c1-3-16-15-12(5-4-6-13(15)18(20)21)9-17-8-7-11(2)14(17)10-19/h4-6,11,14,16,19H,3,7-10H2,1-2H3. The summed E-state index contributed by atoms with van der Waals surface area (Å²) in [6, 6.07) is 5.31. The minimum Gasteiger partial charge on any atom is -0.395 e. The summed E-state index contributed by atoms with van der Waals surface area (Å²) in [6.07, 6.45) is 1.05. The monoisotopic (exact) mass is 293 g/mol. The predicted octanol–water partition coefficient (Wildman–Crippen LogP) is 2.23. The van der Waals surface area contributed by atoms with Gasteiger partial charge in [-0.05, 0) is 31.4 Å². The van der Waals surface area contributed by atoms with E-state index in [4.69, 9.17) is 0 Å². The normalized spacial score (nSPS) is 22.4. The number of nitrogens with one attached hydrogen (secondary N) is 1. The second-order valence-corrected chi connectivity index (χ2v) is 5.59. The lowest BCUT2D eigenvalue weighted by Gasteiger charge is -2.26. The first-order valence-electron chi connectivity index (χ1n) is 7.43. The molecule has 2 unspecified atom stereocenters. The van der Waals surface area contributed by atoms with Crippen LogP contribution in [0.1, 0.15) is 25.8 Å². The SMILES string of the molecule is CCNc1c(CN2CCC(C)C2CO)cccc1[N+](=O)[O-]. The molecule has 0 amide bonds. The molecule has 1 heterocycles. The molecule has 1 fully saturated rings. The van der Waals surface area contributed by atoms with Crippen LogP contribution in [0.4, 0.5) is 11.4 Å². The zero-order valence-electron chi connectivity index (χ0n) is 12.6. The molecular formula is C15H23N3O3. The van der Waals surface area contributed by atoms with Crippen molar-refractivity contribution in [1.29, 1.82) is 0 Å². The van der Waals surface area contributed by atoms with Gasteiger partial charge in [-0.15, -0.1) is 0 Å². The maximum atomic E-state index is 11.2. The first-order chi connectivity index (χ1) is 10.1. The third-order valence-corrected chi connectivity index (χ3v) is 4.24. The van der Waals surface area contributed by atoms with Crippen molar-refractivity contribution >= 4 is 11.4 Å². The van der Waals surface area contributed by atoms with E-state index in [0.717, 1.165) is 18.5 Å². The quantitative estimate of drug-likeness (QED) is 0.621. The number of aliphatic hydroxyl groups is 1. The smallest absolute Gasteiger partial charge is 0.292 e. The van der Waals surface area contributed by atoms with Crippen molar-refractivity contribution < 1.29 is 10.0 Å². The summed E-state index contributed by atoms with van der Waals surface area (Å²) >= 11 is 0. The zero-order chi connectivity index (χ0) is 15.4. The molecule has 21 heavy (non-hydrogen) atoms. The van der Waals surface area contributed by atoms with E-state index < -0.39 is 0 Å². The first-order valence-corrected chi connectivity index (χ1v) is 7.43. The highest BCUT2D eigenvalue weighted by molar-refractivity contribution is 5.66. The number of hydrogen-bond acceptors (Lipinski definition) is 5. The molecule has 0 aromatic heterocycles. The highest BCUT2D eigenvalue weighted by atomic mass is 16.6. The molecule has 2 rings (SSSR count). The molecule has 0 radical (unpaired) electrons. The van der Waals surface area contributed by atoms with Crippen LogP contribution in [0.5, 0.6) is 0 Å². The zero-order valence-corrected chi connectivity index (χ0v) is 12.6. The molecule has 6 nitrogen and oxygen atoms in total. The average Bonchev–Trinajstić information content (AvgIpc) is 2.80. The number of hydrogen-bond donors (Lipinski definition) is 2. The van der Waals surface area contributed by atoms with Crippen LogP contribution < -0.4 is 5.32 Å². The van der Waals surface area contributed by atoms with Crippen LogP contribution in [-0.2, 0) is 6.54 Å². The highest BCUT2D eigenvalue weighted by Gasteiger charge is 2.31. The fraction of sp³-hybridized carbons (Fsp3) is 0.600. The van der Waals surface area contributed by atoms with Gasteiger partial charge in [-0.1, -0.05) is 19.1 Å². The summed E-state index contributed by atoms with van der Waals surface area (Å²) in [7, 11) is 0.